The van der Waals surface area contributed by atoms with Gasteiger partial charge in [-0.3, -0.25) is 39.4 Å². The summed E-state index contributed by atoms with van der Waals surface area (Å²) in [4.78, 5) is 76.1. The first-order valence-electron chi connectivity index (χ1n) is 26.8. The quantitative estimate of drug-likeness (QED) is 0.0233. The number of carbonyl (C=O) groups excluding carboxylic acids is 5. The molecular formula is C57H72N10O9. The van der Waals surface area contributed by atoms with Crippen molar-refractivity contribution >= 4 is 40.9 Å². The van der Waals surface area contributed by atoms with E-state index in [1.54, 1.807) is 30.6 Å². The first kappa shape index (κ1) is 55.2. The number of nitrogens with zero attached hydrogens (tertiary/aromatic N) is 5. The third-order valence-electron chi connectivity index (χ3n) is 14.2. The number of amides is 5. The number of aromatic nitrogens is 4. The average molecular weight is 1040 g/mol. The number of likely N-dealkylation sites (tertiary alicyclic amines) is 1. The summed E-state index contributed by atoms with van der Waals surface area (Å²) in [5.41, 5.74) is 4.54. The fourth-order valence-corrected chi connectivity index (χ4v) is 9.73. The van der Waals surface area contributed by atoms with Gasteiger partial charge in [0.25, 0.3) is 11.8 Å². The summed E-state index contributed by atoms with van der Waals surface area (Å²) in [6.07, 6.45) is 12.3. The summed E-state index contributed by atoms with van der Waals surface area (Å²) in [6, 6.07) is 23.6. The molecule has 3 aromatic carbocycles. The number of rotatable bonds is 29. The molecular weight excluding hydrogens is 969 g/mol. The zero-order valence-electron chi connectivity index (χ0n) is 43.8. The lowest BCUT2D eigenvalue weighted by atomic mass is 9.86. The fraction of sp³-hybridized carbons (Fsp3) is 0.474. The number of benzene rings is 3. The van der Waals surface area contributed by atoms with Crippen molar-refractivity contribution in [3.05, 3.63) is 119 Å². The molecule has 19 nitrogen and oxygen atoms in total. The van der Waals surface area contributed by atoms with Crippen LogP contribution in [0.2, 0.25) is 0 Å². The van der Waals surface area contributed by atoms with Crippen molar-refractivity contribution in [2.45, 2.75) is 108 Å². The van der Waals surface area contributed by atoms with E-state index in [9.17, 15) is 24.0 Å². The Morgan fingerprint density at radius 2 is 1.49 bits per heavy atom. The molecule has 2 atom stereocenters. The van der Waals surface area contributed by atoms with Gasteiger partial charge >= 0.3 is 0 Å². The summed E-state index contributed by atoms with van der Waals surface area (Å²) >= 11 is 0. The number of fused-ring (bicyclic) bond motifs is 1. The van der Waals surface area contributed by atoms with Gasteiger partial charge in [-0.2, -0.15) is 5.10 Å². The molecule has 0 radical (unpaired) electrons. The molecule has 3 aliphatic heterocycles. The van der Waals surface area contributed by atoms with Crippen molar-refractivity contribution in [2.75, 3.05) is 77.0 Å². The van der Waals surface area contributed by atoms with Gasteiger partial charge in [0.15, 0.2) is 11.6 Å². The van der Waals surface area contributed by atoms with Crippen LogP contribution in [0.3, 0.4) is 0 Å². The number of H-pyrrole nitrogens is 1. The molecule has 2 fully saturated rings. The molecule has 19 heteroatoms. The average Bonchev–Trinajstić information content (AvgIpc) is 4.07. The van der Waals surface area contributed by atoms with Crippen LogP contribution in [0.4, 0.5) is 11.4 Å². The Bertz CT molecular complexity index is 2710. The smallest absolute Gasteiger partial charge is 0.255 e. The number of imide groups is 1. The second-order valence-corrected chi connectivity index (χ2v) is 19.8. The highest BCUT2D eigenvalue weighted by atomic mass is 16.5. The Labute approximate surface area is 444 Å². The molecule has 5 heterocycles. The molecule has 0 bridgehead atoms. The molecule has 0 spiro atoms. The Morgan fingerprint density at radius 1 is 0.803 bits per heavy atom. The summed E-state index contributed by atoms with van der Waals surface area (Å²) in [5.74, 6) is 0.839. The number of hydrogen-bond acceptors (Lipinski definition) is 14. The molecule has 2 saturated heterocycles. The van der Waals surface area contributed by atoms with E-state index in [1.807, 2.05) is 67.6 Å². The van der Waals surface area contributed by atoms with Gasteiger partial charge in [0.2, 0.25) is 17.7 Å². The van der Waals surface area contributed by atoms with Crippen LogP contribution in [0.1, 0.15) is 128 Å². The summed E-state index contributed by atoms with van der Waals surface area (Å²) in [5, 5.41) is 19.9. The molecule has 3 aliphatic rings. The van der Waals surface area contributed by atoms with Crippen LogP contribution >= 0.6 is 0 Å². The lowest BCUT2D eigenvalue weighted by Gasteiger charge is -2.40. The topological polar surface area (TPSA) is 231 Å². The van der Waals surface area contributed by atoms with Crippen molar-refractivity contribution in [3.8, 4) is 17.1 Å². The zero-order valence-corrected chi connectivity index (χ0v) is 43.8. The van der Waals surface area contributed by atoms with Crippen LogP contribution in [0.25, 0.3) is 11.4 Å². The Balaban J connectivity index is 0.616. The molecule has 2 aromatic heterocycles. The standard InChI is InChI=1S/C57H72N10O9/c1-40(59-53(70)43-12-10-13-44(38-43)63-57(25-29-66(2)30-26-57)56-62-52(64-65-56)42-23-27-58-28-24-42)41-17-19-45(20-18-41)76-33-9-4-3-7-31-73-34-36-75-37-35-74-32-8-5-6-16-50(68)60-48-15-11-14-46-47(48)39-67(55(46)72)49-21-22-51(69)61-54(49)71/h10-15,17-20,23-24,27-28,38,40,49,63H,3-9,16,21-22,25-26,29-37,39H2,1-2H3,(H,59,70)(H,60,68)(H,61,69,71)(H,62,64,65). The van der Waals surface area contributed by atoms with Gasteiger partial charge in [0.05, 0.1) is 44.6 Å². The Kier molecular flexibility index (Phi) is 20.1. The lowest BCUT2D eigenvalue weighted by Crippen LogP contribution is -2.52. The first-order chi connectivity index (χ1) is 37.0. The summed E-state index contributed by atoms with van der Waals surface area (Å²) < 4.78 is 23.1. The van der Waals surface area contributed by atoms with Crippen molar-refractivity contribution in [2.24, 2.45) is 0 Å². The molecule has 5 N–H and O–H groups in total. The Morgan fingerprint density at radius 3 is 2.21 bits per heavy atom. The number of anilines is 2. The van der Waals surface area contributed by atoms with E-state index < -0.39 is 17.5 Å². The number of hydrogen-bond donors (Lipinski definition) is 5. The van der Waals surface area contributed by atoms with Crippen molar-refractivity contribution in [1.29, 1.82) is 0 Å². The first-order valence-corrected chi connectivity index (χ1v) is 26.8. The van der Waals surface area contributed by atoms with E-state index in [4.69, 9.17) is 23.9 Å². The predicted molar refractivity (Wildman–Crippen MR) is 286 cm³/mol. The van der Waals surface area contributed by atoms with E-state index in [2.05, 4.69) is 48.4 Å². The minimum atomic E-state index is -0.705. The summed E-state index contributed by atoms with van der Waals surface area (Å²) in [6.45, 7) is 7.89. The maximum absolute atomic E-state index is 13.5. The zero-order chi connectivity index (χ0) is 53.1. The molecule has 2 unspecified atom stereocenters. The molecule has 0 saturated carbocycles. The van der Waals surface area contributed by atoms with Gasteiger partial charge in [-0.25, -0.2) is 4.98 Å². The summed E-state index contributed by atoms with van der Waals surface area (Å²) in [7, 11) is 2.12. The predicted octanol–water partition coefficient (Wildman–Crippen LogP) is 7.34. The van der Waals surface area contributed by atoms with E-state index in [-0.39, 0.29) is 49.1 Å². The fourth-order valence-electron chi connectivity index (χ4n) is 9.73. The second kappa shape index (κ2) is 27.6. The van der Waals surface area contributed by atoms with Crippen LogP contribution in [0, 0.1) is 0 Å². The molecule has 0 aliphatic carbocycles. The van der Waals surface area contributed by atoms with Gasteiger partial charge in [-0.15, -0.1) is 0 Å². The molecule has 5 aromatic rings. The third kappa shape index (κ3) is 15.3. The van der Waals surface area contributed by atoms with Crippen LogP contribution in [0.5, 0.6) is 5.75 Å². The van der Waals surface area contributed by atoms with Crippen molar-refractivity contribution in [3.63, 3.8) is 0 Å². The van der Waals surface area contributed by atoms with Gasteiger partial charge in [0, 0.05) is 91.7 Å². The van der Waals surface area contributed by atoms with E-state index in [0.29, 0.717) is 87.3 Å². The molecule has 8 rings (SSSR count). The SMILES string of the molecule is CC(NC(=O)c1cccc(NC2(c3nc(-c4ccncc4)n[nH]3)CCN(C)CC2)c1)c1ccc(OCCCCCCOCCOCCOCCCCCC(=O)Nc2cccc3c2CN(C2CCC(=O)NC2=O)C3=O)cc1. The number of nitrogens with one attached hydrogen (secondary N) is 5. The van der Waals surface area contributed by atoms with Crippen LogP contribution in [-0.2, 0) is 40.7 Å². The second-order valence-electron chi connectivity index (χ2n) is 19.8. The number of aromatic amines is 1. The van der Waals surface area contributed by atoms with E-state index in [0.717, 1.165) is 92.8 Å². The number of pyridine rings is 1. The molecule has 5 amide bonds. The normalized spacial score (nSPS) is 16.7. The van der Waals surface area contributed by atoms with E-state index in [1.165, 1.54) is 4.90 Å². The van der Waals surface area contributed by atoms with Gasteiger partial charge < -0.3 is 44.7 Å². The molecule has 76 heavy (non-hydrogen) atoms. The maximum atomic E-state index is 13.5. The highest BCUT2D eigenvalue weighted by Gasteiger charge is 2.41. The Hall–Kier alpha value is -7.06. The van der Waals surface area contributed by atoms with Gasteiger partial charge in [0.1, 0.15) is 11.8 Å². The lowest BCUT2D eigenvalue weighted by molar-refractivity contribution is -0.137. The maximum Gasteiger partial charge on any atom is 0.255 e. The minimum absolute atomic E-state index is 0.134. The van der Waals surface area contributed by atoms with Crippen molar-refractivity contribution in [1.82, 2.24) is 40.6 Å². The number of carbonyl (C=O) groups is 5. The van der Waals surface area contributed by atoms with Crippen LogP contribution < -0.4 is 26.0 Å². The van der Waals surface area contributed by atoms with Crippen LogP contribution in [0.15, 0.2) is 91.3 Å². The highest BCUT2D eigenvalue weighted by Crippen LogP contribution is 2.36. The molecule has 404 valence electrons. The minimum Gasteiger partial charge on any atom is -0.494 e. The largest absolute Gasteiger partial charge is 0.494 e. The third-order valence-corrected chi connectivity index (χ3v) is 14.2. The van der Waals surface area contributed by atoms with Gasteiger partial charge in [-0.1, -0.05) is 37.1 Å². The van der Waals surface area contributed by atoms with Gasteiger partial charge in [-0.05, 0) is 125 Å². The van der Waals surface area contributed by atoms with E-state index >= 15 is 0 Å². The van der Waals surface area contributed by atoms with Crippen molar-refractivity contribution < 1.29 is 42.9 Å². The monoisotopic (exact) mass is 1040 g/mol. The number of ether oxygens (including phenoxy) is 4. The highest BCUT2D eigenvalue weighted by molar-refractivity contribution is 6.06. The number of piperidine rings is 2. The number of unbranched alkanes of at least 4 members (excludes halogenated alkanes) is 5. The van der Waals surface area contributed by atoms with Crippen LogP contribution in [-0.4, -0.2) is 132 Å².